The number of rotatable bonds is 4. The lowest BCUT2D eigenvalue weighted by Gasteiger charge is -2.11. The fourth-order valence-electron chi connectivity index (χ4n) is 2.80. The molecule has 3 aromatic rings. The fourth-order valence-corrected chi connectivity index (χ4v) is 3.36. The van der Waals surface area contributed by atoms with Gasteiger partial charge in [-0.15, -0.1) is 0 Å². The van der Waals surface area contributed by atoms with Crippen molar-refractivity contribution in [2.75, 3.05) is 5.32 Å². The molecule has 0 radical (unpaired) electrons. The van der Waals surface area contributed by atoms with Crippen molar-refractivity contribution < 1.29 is 22.7 Å². The second kappa shape index (κ2) is 7.41. The Bertz CT molecular complexity index is 1180. The predicted octanol–water partition coefficient (Wildman–Crippen LogP) is 3.41. The average molecular weight is 400 g/mol. The van der Waals surface area contributed by atoms with Crippen LogP contribution in [0.2, 0.25) is 0 Å². The van der Waals surface area contributed by atoms with Crippen LogP contribution in [0.3, 0.4) is 0 Å². The van der Waals surface area contributed by atoms with Gasteiger partial charge in [-0.25, -0.2) is 17.9 Å². The molecule has 0 aromatic heterocycles. The van der Waals surface area contributed by atoms with Gasteiger partial charge in [0.15, 0.2) is 0 Å². The summed E-state index contributed by atoms with van der Waals surface area (Å²) >= 11 is 0. The molecular formula is C20H17FN2O4S. The molecule has 0 aliphatic carbocycles. The number of hydrogen-bond acceptors (Lipinski definition) is 4. The Morgan fingerprint density at radius 1 is 1.07 bits per heavy atom. The molecule has 0 aliphatic heterocycles. The van der Waals surface area contributed by atoms with Gasteiger partial charge in [-0.1, -0.05) is 12.1 Å². The van der Waals surface area contributed by atoms with Crippen LogP contribution in [0.15, 0.2) is 65.6 Å². The van der Waals surface area contributed by atoms with Crippen molar-refractivity contribution in [2.24, 2.45) is 5.14 Å². The van der Waals surface area contributed by atoms with Crippen molar-refractivity contribution in [3.63, 3.8) is 0 Å². The molecule has 4 N–H and O–H groups in total. The van der Waals surface area contributed by atoms with Gasteiger partial charge in [0.2, 0.25) is 10.0 Å². The Morgan fingerprint density at radius 3 is 2.50 bits per heavy atom. The zero-order valence-corrected chi connectivity index (χ0v) is 15.6. The first-order valence-electron chi connectivity index (χ1n) is 8.18. The van der Waals surface area contributed by atoms with Crippen LogP contribution in [-0.4, -0.2) is 19.4 Å². The number of primary sulfonamides is 1. The minimum atomic E-state index is -3.92. The lowest BCUT2D eigenvalue weighted by molar-refractivity contribution is 0.102. The number of carbonyl (C=O) groups excluding carboxylic acids is 1. The van der Waals surface area contributed by atoms with E-state index in [1.165, 1.54) is 42.5 Å². The van der Waals surface area contributed by atoms with Crippen LogP contribution in [0.5, 0.6) is 5.75 Å². The number of amides is 1. The lowest BCUT2D eigenvalue weighted by atomic mass is 9.98. The van der Waals surface area contributed by atoms with Crippen molar-refractivity contribution in [3.8, 4) is 16.9 Å². The van der Waals surface area contributed by atoms with Gasteiger partial charge in [-0.3, -0.25) is 4.79 Å². The molecular weight excluding hydrogens is 383 g/mol. The lowest BCUT2D eigenvalue weighted by Crippen LogP contribution is -2.15. The number of hydrogen-bond donors (Lipinski definition) is 3. The number of phenolic OH excluding ortho intramolecular Hbond substituents is 1. The molecule has 0 spiro atoms. The minimum absolute atomic E-state index is 0.0588. The molecule has 0 fully saturated rings. The molecule has 144 valence electrons. The zero-order valence-electron chi connectivity index (χ0n) is 14.8. The second-order valence-corrected chi connectivity index (χ2v) is 7.82. The van der Waals surface area contributed by atoms with E-state index in [1.54, 1.807) is 19.1 Å². The Balaban J connectivity index is 1.94. The molecule has 0 bridgehead atoms. The van der Waals surface area contributed by atoms with E-state index in [1.807, 2.05) is 0 Å². The number of benzene rings is 3. The van der Waals surface area contributed by atoms with E-state index >= 15 is 0 Å². The Morgan fingerprint density at radius 2 is 1.82 bits per heavy atom. The van der Waals surface area contributed by atoms with E-state index in [0.29, 0.717) is 11.1 Å². The van der Waals surface area contributed by atoms with Gasteiger partial charge in [-0.2, -0.15) is 0 Å². The van der Waals surface area contributed by atoms with Gasteiger partial charge < -0.3 is 10.4 Å². The topological polar surface area (TPSA) is 109 Å². The van der Waals surface area contributed by atoms with Gasteiger partial charge in [0, 0.05) is 11.3 Å². The van der Waals surface area contributed by atoms with Crippen molar-refractivity contribution in [3.05, 3.63) is 77.6 Å². The molecule has 0 aliphatic rings. The van der Waals surface area contributed by atoms with E-state index in [0.717, 1.165) is 11.6 Å². The summed E-state index contributed by atoms with van der Waals surface area (Å²) in [4.78, 5) is 12.4. The smallest absolute Gasteiger partial charge is 0.255 e. The Labute approximate surface area is 161 Å². The minimum Gasteiger partial charge on any atom is -0.508 e. The molecule has 0 atom stereocenters. The predicted molar refractivity (Wildman–Crippen MR) is 104 cm³/mol. The standard InChI is InChI=1S/C20H17FN2O4S/c1-12-7-17(24)5-6-19(12)13-8-14(10-15(21)9-13)20(25)23-16-3-2-4-18(11-16)28(22,26)27/h2-11,24H,1H3,(H,23,25)(H2,22,26,27). The molecule has 3 aromatic carbocycles. The van der Waals surface area contributed by atoms with Crippen LogP contribution in [0.1, 0.15) is 15.9 Å². The fraction of sp³-hybridized carbons (Fsp3) is 0.0500. The van der Waals surface area contributed by atoms with Gasteiger partial charge >= 0.3 is 0 Å². The van der Waals surface area contributed by atoms with Crippen molar-refractivity contribution in [2.45, 2.75) is 11.8 Å². The molecule has 0 saturated heterocycles. The quantitative estimate of drug-likeness (QED) is 0.623. The van der Waals surface area contributed by atoms with E-state index in [4.69, 9.17) is 5.14 Å². The highest BCUT2D eigenvalue weighted by molar-refractivity contribution is 7.89. The summed E-state index contributed by atoms with van der Waals surface area (Å²) in [5.41, 5.74) is 2.13. The molecule has 28 heavy (non-hydrogen) atoms. The highest BCUT2D eigenvalue weighted by Crippen LogP contribution is 2.28. The summed E-state index contributed by atoms with van der Waals surface area (Å²) in [5.74, 6) is -1.12. The summed E-state index contributed by atoms with van der Waals surface area (Å²) in [6, 6.07) is 14.0. The first-order chi connectivity index (χ1) is 13.1. The number of aryl methyl sites for hydroxylation is 1. The maximum atomic E-state index is 14.1. The number of halogens is 1. The van der Waals surface area contributed by atoms with E-state index < -0.39 is 21.7 Å². The summed E-state index contributed by atoms with van der Waals surface area (Å²) in [6.07, 6.45) is 0. The number of phenols is 1. The normalized spacial score (nSPS) is 11.2. The molecule has 1 amide bonds. The van der Waals surface area contributed by atoms with Crippen LogP contribution in [0.25, 0.3) is 11.1 Å². The molecule has 6 nitrogen and oxygen atoms in total. The SMILES string of the molecule is Cc1cc(O)ccc1-c1cc(F)cc(C(=O)Nc2cccc(S(N)(=O)=O)c2)c1. The first-order valence-corrected chi connectivity index (χ1v) is 9.73. The average Bonchev–Trinajstić information content (AvgIpc) is 2.60. The van der Waals surface area contributed by atoms with Crippen molar-refractivity contribution >= 4 is 21.6 Å². The molecule has 0 unspecified atom stereocenters. The number of sulfonamides is 1. The second-order valence-electron chi connectivity index (χ2n) is 6.25. The monoisotopic (exact) mass is 400 g/mol. The van der Waals surface area contributed by atoms with E-state index in [2.05, 4.69) is 5.32 Å². The largest absolute Gasteiger partial charge is 0.508 e. The third-order valence-corrected chi connectivity index (χ3v) is 5.01. The third kappa shape index (κ3) is 4.36. The third-order valence-electron chi connectivity index (χ3n) is 4.10. The van der Waals surface area contributed by atoms with E-state index in [9.17, 15) is 22.7 Å². The van der Waals surface area contributed by atoms with Crippen LogP contribution >= 0.6 is 0 Å². The number of aromatic hydroxyl groups is 1. The van der Waals surface area contributed by atoms with Crippen LogP contribution < -0.4 is 10.5 Å². The number of carbonyl (C=O) groups is 1. The van der Waals surface area contributed by atoms with Gasteiger partial charge in [0.25, 0.3) is 5.91 Å². The maximum Gasteiger partial charge on any atom is 0.255 e. The summed E-state index contributed by atoms with van der Waals surface area (Å²) in [7, 11) is -3.92. The van der Waals surface area contributed by atoms with Crippen molar-refractivity contribution in [1.29, 1.82) is 0 Å². The summed E-state index contributed by atoms with van der Waals surface area (Å²) in [5, 5.41) is 17.2. The molecule has 8 heteroatoms. The summed E-state index contributed by atoms with van der Waals surface area (Å²) < 4.78 is 37.0. The maximum absolute atomic E-state index is 14.1. The van der Waals surface area contributed by atoms with Crippen LogP contribution in [0.4, 0.5) is 10.1 Å². The Hall–Kier alpha value is -3.23. The van der Waals surface area contributed by atoms with Gasteiger partial charge in [0.05, 0.1) is 4.90 Å². The highest BCUT2D eigenvalue weighted by atomic mass is 32.2. The van der Waals surface area contributed by atoms with E-state index in [-0.39, 0.29) is 21.9 Å². The van der Waals surface area contributed by atoms with Crippen LogP contribution in [0, 0.1) is 12.7 Å². The number of anilines is 1. The number of nitrogens with two attached hydrogens (primary N) is 1. The zero-order chi connectivity index (χ0) is 20.5. The van der Waals surface area contributed by atoms with Gasteiger partial charge in [-0.05, 0) is 72.1 Å². The van der Waals surface area contributed by atoms with Crippen LogP contribution in [-0.2, 0) is 10.0 Å². The Kier molecular flexibility index (Phi) is 5.17. The molecule has 3 rings (SSSR count). The highest BCUT2D eigenvalue weighted by Gasteiger charge is 2.14. The summed E-state index contributed by atoms with van der Waals surface area (Å²) in [6.45, 7) is 1.76. The van der Waals surface area contributed by atoms with Gasteiger partial charge in [0.1, 0.15) is 11.6 Å². The van der Waals surface area contributed by atoms with Crippen molar-refractivity contribution in [1.82, 2.24) is 0 Å². The molecule has 0 saturated carbocycles. The number of nitrogens with one attached hydrogen (secondary N) is 1. The first kappa shape index (κ1) is 19.5. The molecule has 0 heterocycles.